The standard InChI is InChI=1S/C18H26N6O3.ClH/c1-22-9-20-16-15(22)17(26)24(18(27)23(16)2)8-13(25)21-14-10-4-3-5-11(14)7-12(19)6-10;/h9-12,14H,3-8,19H2,1-2H3,(H,21,25);1H. The molecular weight excluding hydrogens is 384 g/mol. The van der Waals surface area contributed by atoms with Gasteiger partial charge in [-0.1, -0.05) is 6.42 Å². The molecule has 2 heterocycles. The number of rotatable bonds is 3. The first-order valence-electron chi connectivity index (χ1n) is 9.52. The zero-order valence-corrected chi connectivity index (χ0v) is 16.9. The van der Waals surface area contributed by atoms with E-state index in [9.17, 15) is 14.4 Å². The topological polar surface area (TPSA) is 117 Å². The first-order valence-corrected chi connectivity index (χ1v) is 9.52. The molecule has 2 aromatic heterocycles. The van der Waals surface area contributed by atoms with E-state index in [2.05, 4.69) is 10.3 Å². The number of hydrogen-bond acceptors (Lipinski definition) is 5. The Bertz CT molecular complexity index is 995. The van der Waals surface area contributed by atoms with Gasteiger partial charge >= 0.3 is 5.69 Å². The van der Waals surface area contributed by atoms with Gasteiger partial charge in [0.1, 0.15) is 6.54 Å². The van der Waals surface area contributed by atoms with E-state index in [4.69, 9.17) is 5.73 Å². The van der Waals surface area contributed by atoms with E-state index in [0.29, 0.717) is 23.0 Å². The van der Waals surface area contributed by atoms with Crippen molar-refractivity contribution in [1.29, 1.82) is 0 Å². The van der Waals surface area contributed by atoms with Crippen LogP contribution >= 0.6 is 12.4 Å². The summed E-state index contributed by atoms with van der Waals surface area (Å²) < 4.78 is 3.86. The van der Waals surface area contributed by atoms with Crippen molar-refractivity contribution < 1.29 is 4.79 Å². The SMILES string of the molecule is Cl.Cn1cnc2c1c(=O)n(CC(=O)NC1C3CCCC1CC(N)C3)c(=O)n2C. The van der Waals surface area contributed by atoms with Gasteiger partial charge in [0.05, 0.1) is 6.33 Å². The van der Waals surface area contributed by atoms with E-state index in [0.717, 1.165) is 30.3 Å². The van der Waals surface area contributed by atoms with Crippen molar-refractivity contribution in [2.75, 3.05) is 0 Å². The predicted molar refractivity (Wildman–Crippen MR) is 107 cm³/mol. The van der Waals surface area contributed by atoms with Crippen LogP contribution in [0.1, 0.15) is 32.1 Å². The summed E-state index contributed by atoms with van der Waals surface area (Å²) in [5, 5.41) is 3.10. The Morgan fingerprint density at radius 3 is 2.54 bits per heavy atom. The minimum Gasteiger partial charge on any atom is -0.351 e. The molecule has 0 aliphatic heterocycles. The minimum absolute atomic E-state index is 0. The van der Waals surface area contributed by atoms with Crippen LogP contribution in [0.15, 0.2) is 15.9 Å². The lowest BCUT2D eigenvalue weighted by molar-refractivity contribution is -0.124. The van der Waals surface area contributed by atoms with Crippen LogP contribution in [0, 0.1) is 11.8 Å². The quantitative estimate of drug-likeness (QED) is 0.731. The summed E-state index contributed by atoms with van der Waals surface area (Å²) in [6, 6.07) is 0.293. The van der Waals surface area contributed by atoms with Gasteiger partial charge in [-0.15, -0.1) is 12.4 Å². The molecule has 3 N–H and O–H groups in total. The summed E-state index contributed by atoms with van der Waals surface area (Å²) in [6.07, 6.45) is 6.64. The van der Waals surface area contributed by atoms with Gasteiger partial charge in [-0.2, -0.15) is 0 Å². The van der Waals surface area contributed by atoms with E-state index in [-0.39, 0.29) is 36.9 Å². The zero-order chi connectivity index (χ0) is 19.3. The van der Waals surface area contributed by atoms with Crippen molar-refractivity contribution in [3.8, 4) is 0 Å². The van der Waals surface area contributed by atoms with Crippen LogP contribution in [-0.2, 0) is 25.4 Å². The van der Waals surface area contributed by atoms with Gasteiger partial charge in [-0.05, 0) is 37.5 Å². The largest absolute Gasteiger partial charge is 0.351 e. The highest BCUT2D eigenvalue weighted by molar-refractivity contribution is 5.85. The molecule has 1 amide bonds. The predicted octanol–water partition coefficient (Wildman–Crippen LogP) is -0.122. The third kappa shape index (κ3) is 3.37. The van der Waals surface area contributed by atoms with Crippen molar-refractivity contribution in [1.82, 2.24) is 24.0 Å². The molecule has 9 nitrogen and oxygen atoms in total. The number of aromatic nitrogens is 4. The number of nitrogens with zero attached hydrogens (tertiary/aromatic N) is 4. The van der Waals surface area contributed by atoms with Gasteiger partial charge in [0.15, 0.2) is 11.2 Å². The fourth-order valence-corrected chi connectivity index (χ4v) is 4.94. The first kappa shape index (κ1) is 20.6. The maximum absolute atomic E-state index is 12.7. The molecule has 2 aliphatic carbocycles. The number of imidazole rings is 1. The Kier molecular flexibility index (Phi) is 5.67. The molecule has 10 heteroatoms. The fourth-order valence-electron chi connectivity index (χ4n) is 4.94. The summed E-state index contributed by atoms with van der Waals surface area (Å²) in [5.41, 5.74) is 5.75. The van der Waals surface area contributed by atoms with Gasteiger partial charge in [-0.25, -0.2) is 14.3 Å². The molecule has 2 aliphatic rings. The van der Waals surface area contributed by atoms with Crippen LogP contribution in [0.25, 0.3) is 11.2 Å². The van der Waals surface area contributed by atoms with Crippen molar-refractivity contribution in [3.63, 3.8) is 0 Å². The molecule has 28 heavy (non-hydrogen) atoms. The van der Waals surface area contributed by atoms with Crippen LogP contribution < -0.4 is 22.3 Å². The number of hydrogen-bond donors (Lipinski definition) is 2. The Balaban J connectivity index is 0.00000225. The second-order valence-corrected chi connectivity index (χ2v) is 8.04. The molecule has 4 rings (SSSR count). The average molecular weight is 411 g/mol. The van der Waals surface area contributed by atoms with Crippen molar-refractivity contribution in [2.45, 2.75) is 50.7 Å². The summed E-state index contributed by atoms with van der Waals surface area (Å²) >= 11 is 0. The maximum Gasteiger partial charge on any atom is 0.332 e. The number of carbonyl (C=O) groups excluding carboxylic acids is 1. The number of nitrogens with two attached hydrogens (primary N) is 1. The average Bonchev–Trinajstić information content (AvgIpc) is 2.99. The van der Waals surface area contributed by atoms with Crippen LogP contribution in [0.2, 0.25) is 0 Å². The Hall–Kier alpha value is -2.13. The molecule has 2 unspecified atom stereocenters. The van der Waals surface area contributed by atoms with Crippen LogP contribution in [0.3, 0.4) is 0 Å². The molecule has 2 bridgehead atoms. The molecule has 0 aromatic carbocycles. The van der Waals surface area contributed by atoms with Gasteiger partial charge in [-0.3, -0.25) is 14.2 Å². The number of nitrogens with one attached hydrogen (secondary N) is 1. The number of halogens is 1. The van der Waals surface area contributed by atoms with Crippen LogP contribution in [0.4, 0.5) is 0 Å². The molecular formula is C18H27ClN6O3. The van der Waals surface area contributed by atoms with Gasteiger partial charge in [0, 0.05) is 26.2 Å². The molecule has 2 atom stereocenters. The highest BCUT2D eigenvalue weighted by Crippen LogP contribution is 2.39. The molecule has 0 radical (unpaired) electrons. The highest BCUT2D eigenvalue weighted by atomic mass is 35.5. The third-order valence-corrected chi connectivity index (χ3v) is 6.21. The normalized spacial score (nSPS) is 26.7. The molecule has 0 spiro atoms. The van der Waals surface area contributed by atoms with E-state index in [1.54, 1.807) is 18.7 Å². The summed E-state index contributed by atoms with van der Waals surface area (Å²) in [6.45, 7) is -0.283. The number of aryl methyl sites for hydroxylation is 2. The second-order valence-electron chi connectivity index (χ2n) is 8.04. The number of carbonyl (C=O) groups is 1. The lowest BCUT2D eigenvalue weighted by atomic mass is 9.67. The van der Waals surface area contributed by atoms with Crippen LogP contribution in [-0.4, -0.2) is 36.7 Å². The minimum atomic E-state index is -0.535. The third-order valence-electron chi connectivity index (χ3n) is 6.21. The summed E-state index contributed by atoms with van der Waals surface area (Å²) in [5.74, 6) is 0.471. The summed E-state index contributed by atoms with van der Waals surface area (Å²) in [4.78, 5) is 42.1. The summed E-state index contributed by atoms with van der Waals surface area (Å²) in [7, 11) is 3.25. The van der Waals surface area contributed by atoms with Crippen molar-refractivity contribution >= 4 is 29.5 Å². The van der Waals surface area contributed by atoms with E-state index in [1.807, 2.05) is 0 Å². The Morgan fingerprint density at radius 2 is 1.89 bits per heavy atom. The molecule has 2 saturated carbocycles. The van der Waals surface area contributed by atoms with Gasteiger partial charge < -0.3 is 15.6 Å². The van der Waals surface area contributed by atoms with Crippen LogP contribution in [0.5, 0.6) is 0 Å². The monoisotopic (exact) mass is 410 g/mol. The van der Waals surface area contributed by atoms with E-state index in [1.165, 1.54) is 17.3 Å². The lowest BCUT2D eigenvalue weighted by Gasteiger charge is -2.45. The van der Waals surface area contributed by atoms with E-state index < -0.39 is 11.2 Å². The molecule has 2 aromatic rings. The first-order chi connectivity index (χ1) is 12.9. The smallest absolute Gasteiger partial charge is 0.332 e. The zero-order valence-electron chi connectivity index (χ0n) is 16.1. The fraction of sp³-hybridized carbons (Fsp3) is 0.667. The second kappa shape index (κ2) is 7.71. The molecule has 2 fully saturated rings. The lowest BCUT2D eigenvalue weighted by Crippen LogP contribution is -2.55. The van der Waals surface area contributed by atoms with Crippen molar-refractivity contribution in [3.05, 3.63) is 27.2 Å². The Morgan fingerprint density at radius 1 is 1.25 bits per heavy atom. The molecule has 154 valence electrons. The van der Waals surface area contributed by atoms with E-state index >= 15 is 0 Å². The highest BCUT2D eigenvalue weighted by Gasteiger charge is 2.39. The Labute approximate surface area is 168 Å². The number of fused-ring (bicyclic) bond motifs is 3. The number of amides is 1. The maximum atomic E-state index is 12.7. The van der Waals surface area contributed by atoms with Gasteiger partial charge in [0.25, 0.3) is 5.56 Å². The molecule has 0 saturated heterocycles. The van der Waals surface area contributed by atoms with Crippen molar-refractivity contribution in [2.24, 2.45) is 31.7 Å². The van der Waals surface area contributed by atoms with Gasteiger partial charge in [0.2, 0.25) is 5.91 Å².